The molecule has 0 aliphatic carbocycles. The standard InChI is InChI=1S/C15H19BrN2O/c1-18-14-5-3-2-4-12(14)13(17-18)10-15(11-16)6-8-19-9-7-15/h2-5H,6-11H2,1H3. The van der Waals surface area contributed by atoms with E-state index < -0.39 is 0 Å². The van der Waals surface area contributed by atoms with E-state index in [-0.39, 0.29) is 0 Å². The van der Waals surface area contributed by atoms with Crippen LogP contribution in [0.15, 0.2) is 24.3 Å². The van der Waals surface area contributed by atoms with Gasteiger partial charge in [-0.25, -0.2) is 0 Å². The van der Waals surface area contributed by atoms with E-state index in [2.05, 4.69) is 40.2 Å². The van der Waals surface area contributed by atoms with E-state index in [4.69, 9.17) is 9.84 Å². The quantitative estimate of drug-likeness (QED) is 0.811. The zero-order valence-electron chi connectivity index (χ0n) is 11.2. The summed E-state index contributed by atoms with van der Waals surface area (Å²) in [5.41, 5.74) is 2.74. The van der Waals surface area contributed by atoms with Gasteiger partial charge in [-0.2, -0.15) is 5.10 Å². The van der Waals surface area contributed by atoms with Crippen LogP contribution in [0.25, 0.3) is 10.9 Å². The highest BCUT2D eigenvalue weighted by molar-refractivity contribution is 9.09. The van der Waals surface area contributed by atoms with Crippen LogP contribution in [-0.4, -0.2) is 28.3 Å². The molecule has 1 aliphatic heterocycles. The fraction of sp³-hybridized carbons (Fsp3) is 0.533. The summed E-state index contributed by atoms with van der Waals surface area (Å²) in [5.74, 6) is 0. The molecule has 102 valence electrons. The third kappa shape index (κ3) is 2.43. The Labute approximate surface area is 122 Å². The van der Waals surface area contributed by atoms with Gasteiger partial charge in [-0.05, 0) is 30.7 Å². The van der Waals surface area contributed by atoms with E-state index in [9.17, 15) is 0 Å². The molecular formula is C15H19BrN2O. The first-order valence-electron chi connectivity index (χ1n) is 6.78. The number of aromatic nitrogens is 2. The number of nitrogens with zero attached hydrogens (tertiary/aromatic N) is 2. The molecule has 0 radical (unpaired) electrons. The number of benzene rings is 1. The van der Waals surface area contributed by atoms with Crippen LogP contribution >= 0.6 is 15.9 Å². The van der Waals surface area contributed by atoms with Crippen molar-refractivity contribution < 1.29 is 4.74 Å². The van der Waals surface area contributed by atoms with E-state index in [1.54, 1.807) is 0 Å². The van der Waals surface area contributed by atoms with Gasteiger partial charge >= 0.3 is 0 Å². The number of halogens is 1. The van der Waals surface area contributed by atoms with Gasteiger partial charge < -0.3 is 4.74 Å². The molecule has 1 aromatic carbocycles. The molecular weight excluding hydrogens is 304 g/mol. The average molecular weight is 323 g/mol. The van der Waals surface area contributed by atoms with E-state index in [0.717, 1.165) is 37.8 Å². The number of ether oxygens (including phenoxy) is 1. The van der Waals surface area contributed by atoms with Gasteiger partial charge in [-0.15, -0.1) is 0 Å². The molecule has 19 heavy (non-hydrogen) atoms. The third-order valence-corrected chi connectivity index (χ3v) is 5.40. The smallest absolute Gasteiger partial charge is 0.0709 e. The third-order valence-electron chi connectivity index (χ3n) is 4.21. The largest absolute Gasteiger partial charge is 0.381 e. The lowest BCUT2D eigenvalue weighted by atomic mass is 9.78. The molecule has 0 bridgehead atoms. The van der Waals surface area contributed by atoms with Crippen LogP contribution in [0.5, 0.6) is 0 Å². The fourth-order valence-corrected chi connectivity index (χ4v) is 3.70. The molecule has 3 rings (SSSR count). The number of alkyl halides is 1. The van der Waals surface area contributed by atoms with Crippen molar-refractivity contribution in [3.8, 4) is 0 Å². The summed E-state index contributed by atoms with van der Waals surface area (Å²) in [7, 11) is 2.02. The second kappa shape index (κ2) is 5.25. The highest BCUT2D eigenvalue weighted by Crippen LogP contribution is 2.37. The number of para-hydroxylation sites is 1. The van der Waals surface area contributed by atoms with Crippen LogP contribution in [0, 0.1) is 5.41 Å². The Balaban J connectivity index is 1.96. The number of aryl methyl sites for hydroxylation is 1. The van der Waals surface area contributed by atoms with E-state index in [0.29, 0.717) is 5.41 Å². The normalized spacial score (nSPS) is 18.8. The SMILES string of the molecule is Cn1nc(CC2(CBr)CCOCC2)c2ccccc21. The van der Waals surface area contributed by atoms with Gasteiger partial charge in [0.1, 0.15) is 0 Å². The lowest BCUT2D eigenvalue weighted by Crippen LogP contribution is -2.33. The average Bonchev–Trinajstić information content (AvgIpc) is 2.77. The maximum atomic E-state index is 5.51. The zero-order valence-corrected chi connectivity index (χ0v) is 12.8. The van der Waals surface area contributed by atoms with E-state index in [1.165, 1.54) is 16.6 Å². The van der Waals surface area contributed by atoms with Crippen molar-refractivity contribution in [1.82, 2.24) is 9.78 Å². The topological polar surface area (TPSA) is 27.1 Å². The molecule has 0 unspecified atom stereocenters. The lowest BCUT2D eigenvalue weighted by molar-refractivity contribution is 0.0266. The molecule has 0 N–H and O–H groups in total. The summed E-state index contributed by atoms with van der Waals surface area (Å²) in [6, 6.07) is 8.48. The van der Waals surface area contributed by atoms with Crippen LogP contribution in [0.3, 0.4) is 0 Å². The molecule has 2 heterocycles. The number of hydrogen-bond donors (Lipinski definition) is 0. The molecule has 1 aliphatic rings. The second-order valence-corrected chi connectivity index (χ2v) is 6.07. The van der Waals surface area contributed by atoms with Crippen LogP contribution in [0.2, 0.25) is 0 Å². The van der Waals surface area contributed by atoms with Gasteiger partial charge in [-0.3, -0.25) is 4.68 Å². The monoisotopic (exact) mass is 322 g/mol. The Morgan fingerprint density at radius 2 is 2.05 bits per heavy atom. The van der Waals surface area contributed by atoms with Crippen LogP contribution in [0.4, 0.5) is 0 Å². The molecule has 0 amide bonds. The number of hydrogen-bond acceptors (Lipinski definition) is 2. The Morgan fingerprint density at radius 3 is 2.79 bits per heavy atom. The van der Waals surface area contributed by atoms with Crippen molar-refractivity contribution in [2.75, 3.05) is 18.5 Å². The first-order valence-corrected chi connectivity index (χ1v) is 7.91. The Hall–Kier alpha value is -0.870. The number of fused-ring (bicyclic) bond motifs is 1. The van der Waals surface area contributed by atoms with Crippen LogP contribution < -0.4 is 0 Å². The van der Waals surface area contributed by atoms with Crippen molar-refractivity contribution >= 4 is 26.8 Å². The molecule has 2 aromatic rings. The minimum atomic E-state index is 0.301. The van der Waals surface area contributed by atoms with Crippen molar-refractivity contribution in [2.24, 2.45) is 12.5 Å². The second-order valence-electron chi connectivity index (χ2n) is 5.51. The van der Waals surface area contributed by atoms with Gasteiger partial charge in [0.2, 0.25) is 0 Å². The number of rotatable bonds is 3. The van der Waals surface area contributed by atoms with Crippen LogP contribution in [-0.2, 0) is 18.2 Å². The zero-order chi connectivity index (χ0) is 13.3. The van der Waals surface area contributed by atoms with Crippen LogP contribution in [0.1, 0.15) is 18.5 Å². The van der Waals surface area contributed by atoms with Crippen molar-refractivity contribution in [3.05, 3.63) is 30.0 Å². The first kappa shape index (κ1) is 13.1. The molecule has 1 aromatic heterocycles. The minimum absolute atomic E-state index is 0.301. The summed E-state index contributed by atoms with van der Waals surface area (Å²) < 4.78 is 7.50. The van der Waals surface area contributed by atoms with Gasteiger partial charge in [-0.1, -0.05) is 34.1 Å². The predicted octanol–water partition coefficient (Wildman–Crippen LogP) is 3.31. The van der Waals surface area contributed by atoms with E-state index in [1.807, 2.05) is 11.7 Å². The lowest BCUT2D eigenvalue weighted by Gasteiger charge is -2.35. The van der Waals surface area contributed by atoms with Gasteiger partial charge in [0.05, 0.1) is 11.2 Å². The summed E-state index contributed by atoms with van der Waals surface area (Å²) >= 11 is 3.71. The van der Waals surface area contributed by atoms with Crippen molar-refractivity contribution in [1.29, 1.82) is 0 Å². The van der Waals surface area contributed by atoms with Gasteiger partial charge in [0.25, 0.3) is 0 Å². The Morgan fingerprint density at radius 1 is 1.32 bits per heavy atom. The molecule has 0 saturated carbocycles. The molecule has 3 nitrogen and oxygen atoms in total. The van der Waals surface area contributed by atoms with E-state index >= 15 is 0 Å². The fourth-order valence-electron chi connectivity index (χ4n) is 2.94. The Bertz CT molecular complexity index is 573. The Kier molecular flexibility index (Phi) is 3.63. The molecule has 4 heteroatoms. The maximum Gasteiger partial charge on any atom is 0.0709 e. The van der Waals surface area contributed by atoms with Crippen molar-refractivity contribution in [3.63, 3.8) is 0 Å². The molecule has 0 spiro atoms. The molecule has 0 atom stereocenters. The summed E-state index contributed by atoms with van der Waals surface area (Å²) in [6.45, 7) is 1.74. The maximum absolute atomic E-state index is 5.51. The van der Waals surface area contributed by atoms with Gasteiger partial charge in [0, 0.05) is 31.0 Å². The van der Waals surface area contributed by atoms with Crippen molar-refractivity contribution in [2.45, 2.75) is 19.3 Å². The minimum Gasteiger partial charge on any atom is -0.381 e. The summed E-state index contributed by atoms with van der Waals surface area (Å²) in [5, 5.41) is 7.04. The summed E-state index contributed by atoms with van der Waals surface area (Å²) in [4.78, 5) is 0. The predicted molar refractivity (Wildman–Crippen MR) is 80.7 cm³/mol. The first-order chi connectivity index (χ1) is 9.24. The highest BCUT2D eigenvalue weighted by atomic mass is 79.9. The molecule has 1 fully saturated rings. The molecule has 1 saturated heterocycles. The summed E-state index contributed by atoms with van der Waals surface area (Å²) in [6.07, 6.45) is 3.26. The van der Waals surface area contributed by atoms with Gasteiger partial charge in [0.15, 0.2) is 0 Å². The highest BCUT2D eigenvalue weighted by Gasteiger charge is 2.33.